The van der Waals surface area contributed by atoms with Crippen LogP contribution in [0, 0.1) is 17.8 Å². The summed E-state index contributed by atoms with van der Waals surface area (Å²) in [6, 6.07) is 10.1. The summed E-state index contributed by atoms with van der Waals surface area (Å²) in [4.78, 5) is 23.9. The Hall–Kier alpha value is -1.84. The number of amides is 1. The van der Waals surface area contributed by atoms with Gasteiger partial charge in [-0.25, -0.2) is 0 Å². The van der Waals surface area contributed by atoms with Crippen molar-refractivity contribution in [2.75, 3.05) is 0 Å². The van der Waals surface area contributed by atoms with E-state index in [0.29, 0.717) is 12.3 Å². The van der Waals surface area contributed by atoms with Gasteiger partial charge in [0, 0.05) is 12.0 Å². The maximum Gasteiger partial charge on any atom is 0.308 e. The van der Waals surface area contributed by atoms with Gasteiger partial charge in [-0.05, 0) is 43.6 Å². The van der Waals surface area contributed by atoms with Crippen molar-refractivity contribution in [3.63, 3.8) is 0 Å². The van der Waals surface area contributed by atoms with E-state index in [1.165, 1.54) is 5.56 Å². The van der Waals surface area contributed by atoms with Gasteiger partial charge in [0.2, 0.25) is 5.91 Å². The van der Waals surface area contributed by atoms with Gasteiger partial charge in [-0.3, -0.25) is 9.59 Å². The lowest BCUT2D eigenvalue weighted by molar-refractivity contribution is -0.142. The summed E-state index contributed by atoms with van der Waals surface area (Å²) < 4.78 is 0. The van der Waals surface area contributed by atoms with Crippen LogP contribution < -0.4 is 5.32 Å². The number of hydrogen-bond acceptors (Lipinski definition) is 2. The average Bonchev–Trinajstić information content (AvgIpc) is 3.17. The second kappa shape index (κ2) is 7.16. The first-order chi connectivity index (χ1) is 11.1. The number of benzene rings is 1. The lowest BCUT2D eigenvalue weighted by Gasteiger charge is -2.23. The van der Waals surface area contributed by atoms with Crippen molar-refractivity contribution >= 4 is 11.9 Å². The Morgan fingerprint density at radius 2 is 1.70 bits per heavy atom. The molecule has 0 radical (unpaired) electrons. The van der Waals surface area contributed by atoms with Gasteiger partial charge in [-0.15, -0.1) is 0 Å². The maximum atomic E-state index is 12.7. The lowest BCUT2D eigenvalue weighted by atomic mass is 9.88. The van der Waals surface area contributed by atoms with Gasteiger partial charge >= 0.3 is 5.97 Å². The second-order valence-electron chi connectivity index (χ2n) is 6.98. The molecule has 3 rings (SSSR count). The zero-order valence-corrected chi connectivity index (χ0v) is 13.4. The summed E-state index contributed by atoms with van der Waals surface area (Å²) >= 11 is 0. The van der Waals surface area contributed by atoms with Crippen molar-refractivity contribution in [2.45, 2.75) is 51.0 Å². The number of carbonyl (C=O) groups excluding carboxylic acids is 1. The van der Waals surface area contributed by atoms with E-state index in [-0.39, 0.29) is 17.9 Å². The fourth-order valence-corrected chi connectivity index (χ4v) is 4.26. The molecule has 2 N–H and O–H groups in total. The van der Waals surface area contributed by atoms with Crippen molar-refractivity contribution in [3.8, 4) is 0 Å². The molecule has 2 aliphatic rings. The van der Waals surface area contributed by atoms with Crippen molar-refractivity contribution in [3.05, 3.63) is 35.9 Å². The minimum absolute atomic E-state index is 0.0326. The highest BCUT2D eigenvalue weighted by Crippen LogP contribution is 2.35. The van der Waals surface area contributed by atoms with E-state index >= 15 is 0 Å². The molecule has 0 heterocycles. The van der Waals surface area contributed by atoms with Gasteiger partial charge in [-0.2, -0.15) is 0 Å². The van der Waals surface area contributed by atoms with Crippen LogP contribution in [0.25, 0.3) is 0 Å². The molecule has 4 atom stereocenters. The summed E-state index contributed by atoms with van der Waals surface area (Å²) in [5, 5.41) is 12.3. The molecular formula is C19H25NO3. The maximum absolute atomic E-state index is 12.7. The fraction of sp³-hybridized carbons (Fsp3) is 0.579. The standard InChI is InChI=1S/C19H25NO3/c21-18(20-17-11-5-10-16(17)19(22)23)15-9-4-8-14(15)12-13-6-2-1-3-7-13/h1-3,6-7,14-17H,4-5,8-12H2,(H,20,21)(H,22,23)/t14?,15?,16-,17+/m1/s1. The Balaban J connectivity index is 1.61. The third-order valence-electron chi connectivity index (χ3n) is 5.50. The van der Waals surface area contributed by atoms with Crippen molar-refractivity contribution < 1.29 is 14.7 Å². The highest BCUT2D eigenvalue weighted by atomic mass is 16.4. The van der Waals surface area contributed by atoms with Crippen LogP contribution in [0.1, 0.15) is 44.1 Å². The fourth-order valence-electron chi connectivity index (χ4n) is 4.26. The van der Waals surface area contributed by atoms with Crippen LogP contribution in [0.5, 0.6) is 0 Å². The van der Waals surface area contributed by atoms with Gasteiger partial charge in [0.05, 0.1) is 5.92 Å². The molecule has 0 spiro atoms. The predicted molar refractivity (Wildman–Crippen MR) is 87.9 cm³/mol. The van der Waals surface area contributed by atoms with E-state index in [4.69, 9.17) is 0 Å². The molecule has 1 amide bonds. The molecule has 4 nitrogen and oxygen atoms in total. The smallest absolute Gasteiger partial charge is 0.308 e. The van der Waals surface area contributed by atoms with Crippen molar-refractivity contribution in [1.82, 2.24) is 5.32 Å². The summed E-state index contributed by atoms with van der Waals surface area (Å²) in [5.41, 5.74) is 1.28. The predicted octanol–water partition coefficient (Wildman–Crippen LogP) is 3.01. The number of nitrogens with one attached hydrogen (secondary N) is 1. The third kappa shape index (κ3) is 3.74. The SMILES string of the molecule is O=C(N[C@H]1CCC[C@H]1C(=O)O)C1CCCC1Cc1ccccc1. The molecule has 2 unspecified atom stereocenters. The Morgan fingerprint density at radius 1 is 1.00 bits per heavy atom. The summed E-state index contributed by atoms with van der Waals surface area (Å²) in [6.45, 7) is 0. The summed E-state index contributed by atoms with van der Waals surface area (Å²) in [6.07, 6.45) is 6.39. The highest BCUT2D eigenvalue weighted by molar-refractivity contribution is 5.81. The Kier molecular flexibility index (Phi) is 4.99. The summed E-state index contributed by atoms with van der Waals surface area (Å²) in [7, 11) is 0. The first kappa shape index (κ1) is 16.0. The molecule has 0 bridgehead atoms. The molecule has 23 heavy (non-hydrogen) atoms. The van der Waals surface area contributed by atoms with Crippen LogP contribution in [-0.4, -0.2) is 23.0 Å². The van der Waals surface area contributed by atoms with Crippen LogP contribution in [-0.2, 0) is 16.0 Å². The number of carbonyl (C=O) groups is 2. The number of carboxylic acid groups (broad SMARTS) is 1. The molecule has 2 fully saturated rings. The van der Waals surface area contributed by atoms with Crippen LogP contribution in [0.4, 0.5) is 0 Å². The van der Waals surface area contributed by atoms with Crippen molar-refractivity contribution in [1.29, 1.82) is 0 Å². The first-order valence-electron chi connectivity index (χ1n) is 8.72. The summed E-state index contributed by atoms with van der Waals surface area (Å²) in [5.74, 6) is -0.707. The Bertz CT molecular complexity index is 557. The zero-order chi connectivity index (χ0) is 16.2. The number of aliphatic carboxylic acids is 1. The molecule has 0 aromatic heterocycles. The van der Waals surface area contributed by atoms with Gasteiger partial charge in [0.25, 0.3) is 0 Å². The van der Waals surface area contributed by atoms with Crippen LogP contribution in [0.2, 0.25) is 0 Å². The molecule has 124 valence electrons. The molecule has 1 aromatic rings. The number of rotatable bonds is 5. The minimum atomic E-state index is -0.778. The zero-order valence-electron chi connectivity index (χ0n) is 13.4. The molecule has 0 aliphatic heterocycles. The topological polar surface area (TPSA) is 66.4 Å². The normalized spacial score (nSPS) is 30.3. The monoisotopic (exact) mass is 315 g/mol. The van der Waals surface area contributed by atoms with Crippen LogP contribution in [0.15, 0.2) is 30.3 Å². The van der Waals surface area contributed by atoms with Gasteiger partial charge in [-0.1, -0.05) is 43.2 Å². The van der Waals surface area contributed by atoms with E-state index in [0.717, 1.165) is 38.5 Å². The molecule has 2 aliphatic carbocycles. The molecule has 2 saturated carbocycles. The third-order valence-corrected chi connectivity index (χ3v) is 5.50. The number of hydrogen-bond donors (Lipinski definition) is 2. The Morgan fingerprint density at radius 3 is 2.43 bits per heavy atom. The van der Waals surface area contributed by atoms with Gasteiger partial charge in [0.1, 0.15) is 0 Å². The van der Waals surface area contributed by atoms with E-state index < -0.39 is 11.9 Å². The highest BCUT2D eigenvalue weighted by Gasteiger charge is 2.38. The molecule has 0 saturated heterocycles. The van der Waals surface area contributed by atoms with Crippen LogP contribution in [0.3, 0.4) is 0 Å². The van der Waals surface area contributed by atoms with Crippen LogP contribution >= 0.6 is 0 Å². The lowest BCUT2D eigenvalue weighted by Crippen LogP contribution is -2.44. The first-order valence-corrected chi connectivity index (χ1v) is 8.72. The largest absolute Gasteiger partial charge is 0.481 e. The molecule has 1 aromatic carbocycles. The van der Waals surface area contributed by atoms with Crippen molar-refractivity contribution in [2.24, 2.45) is 17.8 Å². The Labute approximate surface area is 137 Å². The van der Waals surface area contributed by atoms with E-state index in [2.05, 4.69) is 17.4 Å². The molecular weight excluding hydrogens is 290 g/mol. The quantitative estimate of drug-likeness (QED) is 0.878. The minimum Gasteiger partial charge on any atom is -0.481 e. The van der Waals surface area contributed by atoms with E-state index in [1.807, 2.05) is 18.2 Å². The van der Waals surface area contributed by atoms with E-state index in [9.17, 15) is 14.7 Å². The van der Waals surface area contributed by atoms with E-state index in [1.54, 1.807) is 0 Å². The van der Waals surface area contributed by atoms with Gasteiger partial charge < -0.3 is 10.4 Å². The number of carboxylic acids is 1. The van der Waals surface area contributed by atoms with Gasteiger partial charge in [0.15, 0.2) is 0 Å². The second-order valence-corrected chi connectivity index (χ2v) is 6.98. The molecule has 4 heteroatoms. The average molecular weight is 315 g/mol.